The van der Waals surface area contributed by atoms with Gasteiger partial charge in [-0.1, -0.05) is 25.0 Å². The monoisotopic (exact) mass is 557 g/mol. The molecule has 3 aliphatic rings. The Hall–Kier alpha value is -3.49. The van der Waals surface area contributed by atoms with Gasteiger partial charge < -0.3 is 23.7 Å². The third-order valence-corrected chi connectivity index (χ3v) is 8.73. The lowest BCUT2D eigenvalue weighted by Gasteiger charge is -2.26. The van der Waals surface area contributed by atoms with Gasteiger partial charge in [0.05, 0.1) is 12.6 Å². The first-order valence-electron chi connectivity index (χ1n) is 15.1. The molecule has 8 heteroatoms. The Labute approximate surface area is 241 Å². The van der Waals surface area contributed by atoms with Crippen LogP contribution in [0.1, 0.15) is 38.5 Å². The number of hydrogen-bond acceptors (Lipinski definition) is 8. The van der Waals surface area contributed by atoms with Crippen LogP contribution >= 0.6 is 0 Å². The van der Waals surface area contributed by atoms with E-state index in [2.05, 4.69) is 28.0 Å². The van der Waals surface area contributed by atoms with Crippen LogP contribution in [0.2, 0.25) is 0 Å². The van der Waals surface area contributed by atoms with Gasteiger partial charge in [-0.25, -0.2) is 4.98 Å². The molecule has 2 saturated heterocycles. The summed E-state index contributed by atoms with van der Waals surface area (Å²) in [7, 11) is 1.69. The summed E-state index contributed by atoms with van der Waals surface area (Å²) >= 11 is 0. The number of aromatic nitrogens is 1. The Morgan fingerprint density at radius 3 is 2.05 bits per heavy atom. The number of fused-ring (bicyclic) bond motifs is 6. The van der Waals surface area contributed by atoms with Crippen molar-refractivity contribution in [1.29, 1.82) is 0 Å². The van der Waals surface area contributed by atoms with E-state index in [0.717, 1.165) is 89.0 Å². The zero-order chi connectivity index (χ0) is 27.6. The molecule has 4 aromatic rings. The van der Waals surface area contributed by atoms with Crippen molar-refractivity contribution in [1.82, 2.24) is 14.8 Å². The van der Waals surface area contributed by atoms with Gasteiger partial charge in [0.1, 0.15) is 13.2 Å². The van der Waals surface area contributed by atoms with Crippen molar-refractivity contribution >= 4 is 32.4 Å². The topological polar surface area (TPSA) is 65.5 Å². The van der Waals surface area contributed by atoms with Crippen LogP contribution in [0.4, 0.5) is 0 Å². The maximum atomic E-state index is 6.46. The van der Waals surface area contributed by atoms with Crippen LogP contribution in [0.5, 0.6) is 28.9 Å². The SMILES string of the molecule is COc1cc2c(OCCN3CCCCC3)nc3c4cc5c(cc4ccc3c2cc1OCCN1CCCCC1)OCO5. The standard InChI is InChI=1S/C33H39N3O5/c1-37-28-21-27-26(20-30(28)38-16-14-35-10-4-2-5-11-35)24-9-8-23-18-29-31(41-22-40-29)19-25(23)32(24)34-33(27)39-17-15-36-12-6-3-7-13-36/h8-9,18-21H,2-7,10-17,22H2,1H3. The largest absolute Gasteiger partial charge is 0.493 e. The van der Waals surface area contributed by atoms with Gasteiger partial charge in [-0.05, 0) is 81.5 Å². The summed E-state index contributed by atoms with van der Waals surface area (Å²) in [5.41, 5.74) is 0.880. The summed E-state index contributed by atoms with van der Waals surface area (Å²) in [6.45, 7) is 7.83. The average molecular weight is 558 g/mol. The summed E-state index contributed by atoms with van der Waals surface area (Å²) < 4.78 is 30.0. The second-order valence-corrected chi connectivity index (χ2v) is 11.4. The molecule has 0 radical (unpaired) electrons. The fourth-order valence-corrected chi connectivity index (χ4v) is 6.46. The Balaban J connectivity index is 1.28. The minimum atomic E-state index is 0.239. The zero-order valence-corrected chi connectivity index (χ0v) is 24.0. The van der Waals surface area contributed by atoms with Gasteiger partial charge in [-0.15, -0.1) is 0 Å². The van der Waals surface area contributed by atoms with E-state index in [-0.39, 0.29) is 6.79 Å². The fourth-order valence-electron chi connectivity index (χ4n) is 6.46. The second-order valence-electron chi connectivity index (χ2n) is 11.4. The molecule has 3 aromatic carbocycles. The third-order valence-electron chi connectivity index (χ3n) is 8.73. The zero-order valence-electron chi connectivity index (χ0n) is 24.0. The second kappa shape index (κ2) is 11.8. The van der Waals surface area contributed by atoms with Gasteiger partial charge in [0.2, 0.25) is 12.7 Å². The number of ether oxygens (including phenoxy) is 5. The number of benzene rings is 3. The number of hydrogen-bond donors (Lipinski definition) is 0. The minimum absolute atomic E-state index is 0.239. The molecule has 0 unspecified atom stereocenters. The highest BCUT2D eigenvalue weighted by Crippen LogP contribution is 2.43. The molecule has 0 N–H and O–H groups in total. The molecule has 41 heavy (non-hydrogen) atoms. The Kier molecular flexibility index (Phi) is 7.59. The van der Waals surface area contributed by atoms with Crippen molar-refractivity contribution in [3.05, 3.63) is 36.4 Å². The molecule has 0 spiro atoms. The lowest BCUT2D eigenvalue weighted by molar-refractivity contribution is 0.174. The number of methoxy groups -OCH3 is 1. The van der Waals surface area contributed by atoms with Crippen molar-refractivity contribution in [2.45, 2.75) is 38.5 Å². The Morgan fingerprint density at radius 1 is 0.683 bits per heavy atom. The highest BCUT2D eigenvalue weighted by molar-refractivity contribution is 6.17. The molecular weight excluding hydrogens is 518 g/mol. The molecule has 216 valence electrons. The van der Waals surface area contributed by atoms with Crippen molar-refractivity contribution in [2.24, 2.45) is 0 Å². The Bertz CT molecular complexity index is 1550. The molecule has 0 aliphatic carbocycles. The normalized spacial score (nSPS) is 17.9. The quantitative estimate of drug-likeness (QED) is 0.232. The van der Waals surface area contributed by atoms with E-state index in [4.69, 9.17) is 28.7 Å². The van der Waals surface area contributed by atoms with Crippen LogP contribution in [0.25, 0.3) is 32.4 Å². The molecule has 0 bridgehead atoms. The van der Waals surface area contributed by atoms with Crippen LogP contribution in [0, 0.1) is 0 Å². The van der Waals surface area contributed by atoms with Crippen LogP contribution in [0.15, 0.2) is 36.4 Å². The van der Waals surface area contributed by atoms with Gasteiger partial charge in [-0.2, -0.15) is 0 Å². The highest BCUT2D eigenvalue weighted by Gasteiger charge is 2.20. The van der Waals surface area contributed by atoms with E-state index in [0.29, 0.717) is 24.8 Å². The number of pyridine rings is 1. The molecule has 0 saturated carbocycles. The predicted octanol–water partition coefficient (Wildman–Crippen LogP) is 6.01. The molecule has 4 heterocycles. The molecule has 8 nitrogen and oxygen atoms in total. The van der Waals surface area contributed by atoms with E-state index in [1.165, 1.54) is 38.5 Å². The number of rotatable bonds is 9. The smallest absolute Gasteiger partial charge is 0.231 e. The van der Waals surface area contributed by atoms with Crippen LogP contribution < -0.4 is 23.7 Å². The van der Waals surface area contributed by atoms with E-state index in [9.17, 15) is 0 Å². The summed E-state index contributed by atoms with van der Waals surface area (Å²) in [5, 5.41) is 5.07. The van der Waals surface area contributed by atoms with E-state index in [1.807, 2.05) is 18.2 Å². The molecule has 7 rings (SSSR count). The van der Waals surface area contributed by atoms with Crippen LogP contribution in [-0.2, 0) is 0 Å². The lowest BCUT2D eigenvalue weighted by Crippen LogP contribution is -2.33. The maximum absolute atomic E-state index is 6.46. The molecule has 3 aliphatic heterocycles. The van der Waals surface area contributed by atoms with Crippen LogP contribution in [0.3, 0.4) is 0 Å². The molecule has 0 atom stereocenters. The Morgan fingerprint density at radius 2 is 1.34 bits per heavy atom. The first-order valence-corrected chi connectivity index (χ1v) is 15.1. The van der Waals surface area contributed by atoms with E-state index >= 15 is 0 Å². The molecular formula is C33H39N3O5. The van der Waals surface area contributed by atoms with Gasteiger partial charge in [0.15, 0.2) is 23.0 Å². The minimum Gasteiger partial charge on any atom is -0.493 e. The first kappa shape index (κ1) is 26.4. The van der Waals surface area contributed by atoms with Crippen molar-refractivity contribution < 1.29 is 23.7 Å². The summed E-state index contributed by atoms with van der Waals surface area (Å²) in [6.07, 6.45) is 7.71. The average Bonchev–Trinajstić information content (AvgIpc) is 3.48. The third kappa shape index (κ3) is 5.43. The number of nitrogens with zero attached hydrogens (tertiary/aromatic N) is 3. The first-order chi connectivity index (χ1) is 20.3. The van der Waals surface area contributed by atoms with Crippen LogP contribution in [-0.4, -0.2) is 81.2 Å². The van der Waals surface area contributed by atoms with Crippen molar-refractivity contribution in [3.8, 4) is 28.9 Å². The molecule has 0 amide bonds. The van der Waals surface area contributed by atoms with Gasteiger partial charge >= 0.3 is 0 Å². The van der Waals surface area contributed by atoms with Crippen molar-refractivity contribution in [2.75, 3.05) is 66.4 Å². The molecule has 1 aromatic heterocycles. The summed E-state index contributed by atoms with van der Waals surface area (Å²) in [4.78, 5) is 10.1. The lowest BCUT2D eigenvalue weighted by atomic mass is 10.0. The summed E-state index contributed by atoms with van der Waals surface area (Å²) in [6, 6.07) is 12.5. The van der Waals surface area contributed by atoms with Gasteiger partial charge in [-0.3, -0.25) is 9.80 Å². The van der Waals surface area contributed by atoms with Crippen molar-refractivity contribution in [3.63, 3.8) is 0 Å². The van der Waals surface area contributed by atoms with Gasteiger partial charge in [0, 0.05) is 34.6 Å². The fraction of sp³-hybridized carbons (Fsp3) is 0.485. The van der Waals surface area contributed by atoms with E-state index in [1.54, 1.807) is 7.11 Å². The predicted molar refractivity (Wildman–Crippen MR) is 161 cm³/mol. The molecule has 2 fully saturated rings. The van der Waals surface area contributed by atoms with E-state index < -0.39 is 0 Å². The number of piperidine rings is 2. The maximum Gasteiger partial charge on any atom is 0.231 e. The highest BCUT2D eigenvalue weighted by atomic mass is 16.7. The summed E-state index contributed by atoms with van der Waals surface area (Å²) in [5.74, 6) is 3.57. The number of likely N-dealkylation sites (tertiary alicyclic amines) is 2. The van der Waals surface area contributed by atoms with Gasteiger partial charge in [0.25, 0.3) is 0 Å².